The van der Waals surface area contributed by atoms with Gasteiger partial charge in [-0.25, -0.2) is 9.59 Å². The zero-order valence-corrected chi connectivity index (χ0v) is 16.6. The largest absolute Gasteiger partial charge is 0.497 e. The number of esters is 1. The van der Waals surface area contributed by atoms with Crippen LogP contribution in [0.4, 0.5) is 18.0 Å². The summed E-state index contributed by atoms with van der Waals surface area (Å²) in [6.07, 6.45) is -4.75. The summed E-state index contributed by atoms with van der Waals surface area (Å²) in [7, 11) is 1.53. The maximum Gasteiger partial charge on any atom is 0.426 e. The molecule has 1 unspecified atom stereocenters. The molecular weight excluding hydrogens is 401 g/mol. The molecule has 0 aliphatic rings. The lowest BCUT2D eigenvalue weighted by molar-refractivity contribution is -0.214. The molecular formula is C21H23F3N2O4. The minimum Gasteiger partial charge on any atom is -0.497 e. The van der Waals surface area contributed by atoms with E-state index in [1.807, 2.05) is 0 Å². The van der Waals surface area contributed by atoms with Gasteiger partial charge in [0.2, 0.25) is 0 Å². The highest BCUT2D eigenvalue weighted by molar-refractivity contribution is 5.89. The fourth-order valence-electron chi connectivity index (χ4n) is 2.85. The van der Waals surface area contributed by atoms with Crippen LogP contribution in [0.25, 0.3) is 0 Å². The second-order valence-corrected chi connectivity index (χ2v) is 6.31. The van der Waals surface area contributed by atoms with Crippen molar-refractivity contribution >= 4 is 12.0 Å². The van der Waals surface area contributed by atoms with E-state index in [9.17, 15) is 22.8 Å². The fourth-order valence-corrected chi connectivity index (χ4v) is 2.85. The SMILES string of the molecule is CCOC(=O)C(NC(=O)NCCc1ccc(OC)cc1)(c1ccccc1)C(F)(F)F. The summed E-state index contributed by atoms with van der Waals surface area (Å²) in [5, 5.41) is 4.17. The first-order valence-electron chi connectivity index (χ1n) is 9.23. The molecule has 0 saturated carbocycles. The first kappa shape index (κ1) is 23.1. The van der Waals surface area contributed by atoms with Crippen molar-refractivity contribution in [2.45, 2.75) is 25.1 Å². The predicted octanol–water partition coefficient (Wildman–Crippen LogP) is 3.56. The average Bonchev–Trinajstić information content (AvgIpc) is 2.72. The Labute approximate surface area is 172 Å². The third-order valence-electron chi connectivity index (χ3n) is 4.37. The van der Waals surface area contributed by atoms with Crippen LogP contribution in [0.2, 0.25) is 0 Å². The number of carbonyl (C=O) groups is 2. The summed E-state index contributed by atoms with van der Waals surface area (Å²) in [6.45, 7) is 1.17. The molecule has 2 N–H and O–H groups in total. The molecule has 0 aliphatic heterocycles. The molecule has 0 heterocycles. The van der Waals surface area contributed by atoms with Crippen molar-refractivity contribution in [3.8, 4) is 5.75 Å². The second kappa shape index (κ2) is 10.00. The quantitative estimate of drug-likeness (QED) is 0.636. The van der Waals surface area contributed by atoms with Crippen molar-refractivity contribution in [1.29, 1.82) is 0 Å². The molecule has 0 spiro atoms. The lowest BCUT2D eigenvalue weighted by Crippen LogP contribution is -2.63. The van der Waals surface area contributed by atoms with E-state index in [1.54, 1.807) is 29.6 Å². The number of ether oxygens (including phenoxy) is 2. The number of hydrogen-bond acceptors (Lipinski definition) is 4. The van der Waals surface area contributed by atoms with Gasteiger partial charge in [0.05, 0.1) is 13.7 Å². The Balaban J connectivity index is 2.18. The summed E-state index contributed by atoms with van der Waals surface area (Å²) in [6, 6.07) is 12.3. The molecule has 0 fully saturated rings. The lowest BCUT2D eigenvalue weighted by atomic mass is 9.89. The van der Waals surface area contributed by atoms with Crippen LogP contribution >= 0.6 is 0 Å². The summed E-state index contributed by atoms with van der Waals surface area (Å²) >= 11 is 0. The number of urea groups is 1. The van der Waals surface area contributed by atoms with Gasteiger partial charge < -0.3 is 20.1 Å². The molecule has 2 rings (SSSR count). The molecule has 2 amide bonds. The highest BCUT2D eigenvalue weighted by atomic mass is 19.4. The highest BCUT2D eigenvalue weighted by Crippen LogP contribution is 2.40. The standard InChI is InChI=1S/C21H23F3N2O4/c1-3-30-18(27)20(21(22,23)24,16-7-5-4-6-8-16)26-19(28)25-14-13-15-9-11-17(29-2)12-10-15/h4-12H,3,13-14H2,1-2H3,(H2,25,26,28). The number of carbonyl (C=O) groups excluding carboxylic acids is 2. The van der Waals surface area contributed by atoms with Crippen LogP contribution in [0.3, 0.4) is 0 Å². The highest BCUT2D eigenvalue weighted by Gasteiger charge is 2.64. The van der Waals surface area contributed by atoms with Gasteiger partial charge in [0.1, 0.15) is 5.75 Å². The van der Waals surface area contributed by atoms with E-state index in [-0.39, 0.29) is 13.2 Å². The van der Waals surface area contributed by atoms with Crippen LogP contribution in [-0.4, -0.2) is 38.4 Å². The third-order valence-corrected chi connectivity index (χ3v) is 4.37. The zero-order valence-electron chi connectivity index (χ0n) is 16.6. The molecule has 0 radical (unpaired) electrons. The van der Waals surface area contributed by atoms with E-state index in [0.29, 0.717) is 12.2 Å². The van der Waals surface area contributed by atoms with Gasteiger partial charge in [0.15, 0.2) is 0 Å². The monoisotopic (exact) mass is 424 g/mol. The van der Waals surface area contributed by atoms with E-state index >= 15 is 0 Å². The number of nitrogens with one attached hydrogen (secondary N) is 2. The Hall–Kier alpha value is -3.23. The van der Waals surface area contributed by atoms with E-state index in [2.05, 4.69) is 10.1 Å². The van der Waals surface area contributed by atoms with Gasteiger partial charge in [-0.1, -0.05) is 42.5 Å². The van der Waals surface area contributed by atoms with E-state index in [0.717, 1.165) is 17.7 Å². The molecule has 2 aromatic carbocycles. The number of benzene rings is 2. The Kier molecular flexibility index (Phi) is 7.68. The van der Waals surface area contributed by atoms with Gasteiger partial charge >= 0.3 is 18.2 Å². The third kappa shape index (κ3) is 5.22. The Morgan fingerprint density at radius 3 is 2.17 bits per heavy atom. The van der Waals surface area contributed by atoms with Gasteiger partial charge in [-0.2, -0.15) is 13.2 Å². The first-order valence-corrected chi connectivity index (χ1v) is 9.23. The Morgan fingerprint density at radius 2 is 1.63 bits per heavy atom. The van der Waals surface area contributed by atoms with Crippen LogP contribution in [0.5, 0.6) is 5.75 Å². The van der Waals surface area contributed by atoms with Gasteiger partial charge in [0, 0.05) is 6.54 Å². The first-order chi connectivity index (χ1) is 14.2. The number of rotatable bonds is 8. The molecule has 0 saturated heterocycles. The van der Waals surface area contributed by atoms with Crippen molar-refractivity contribution in [2.24, 2.45) is 0 Å². The summed E-state index contributed by atoms with van der Waals surface area (Å²) < 4.78 is 52.0. The average molecular weight is 424 g/mol. The van der Waals surface area contributed by atoms with Gasteiger partial charge in [-0.05, 0) is 36.6 Å². The topological polar surface area (TPSA) is 76.7 Å². The molecule has 6 nitrogen and oxygen atoms in total. The fraction of sp³-hybridized carbons (Fsp3) is 0.333. The molecule has 0 bridgehead atoms. The summed E-state index contributed by atoms with van der Waals surface area (Å²) in [4.78, 5) is 24.7. The van der Waals surface area contributed by atoms with Crippen LogP contribution in [0, 0.1) is 0 Å². The maximum atomic E-state index is 14.1. The molecule has 1 atom stereocenters. The van der Waals surface area contributed by atoms with Crippen molar-refractivity contribution in [3.63, 3.8) is 0 Å². The van der Waals surface area contributed by atoms with Crippen molar-refractivity contribution in [1.82, 2.24) is 10.6 Å². The van der Waals surface area contributed by atoms with Crippen LogP contribution in [0.15, 0.2) is 54.6 Å². The minimum absolute atomic E-state index is 0.0592. The van der Waals surface area contributed by atoms with E-state index < -0.39 is 29.3 Å². The van der Waals surface area contributed by atoms with Crippen molar-refractivity contribution in [3.05, 3.63) is 65.7 Å². The number of alkyl halides is 3. The maximum absolute atomic E-state index is 14.1. The molecule has 0 aliphatic carbocycles. The molecule has 0 aromatic heterocycles. The smallest absolute Gasteiger partial charge is 0.426 e. The Bertz CT molecular complexity index is 842. The van der Waals surface area contributed by atoms with Gasteiger partial charge in [-0.3, -0.25) is 0 Å². The van der Waals surface area contributed by atoms with E-state index in [4.69, 9.17) is 4.74 Å². The number of hydrogen-bond donors (Lipinski definition) is 2. The van der Waals surface area contributed by atoms with Gasteiger partial charge in [0.25, 0.3) is 5.54 Å². The molecule has 30 heavy (non-hydrogen) atoms. The summed E-state index contributed by atoms with van der Waals surface area (Å²) in [5.74, 6) is -0.939. The van der Waals surface area contributed by atoms with Crippen molar-refractivity contribution in [2.75, 3.05) is 20.3 Å². The van der Waals surface area contributed by atoms with E-state index in [1.165, 1.54) is 32.2 Å². The molecule has 162 valence electrons. The Morgan fingerprint density at radius 1 is 1.00 bits per heavy atom. The molecule has 2 aromatic rings. The van der Waals surface area contributed by atoms with Crippen LogP contribution < -0.4 is 15.4 Å². The number of methoxy groups -OCH3 is 1. The van der Waals surface area contributed by atoms with Crippen molar-refractivity contribution < 1.29 is 32.2 Å². The normalized spacial score (nSPS) is 13.1. The van der Waals surface area contributed by atoms with Crippen LogP contribution in [-0.2, 0) is 21.5 Å². The minimum atomic E-state index is -5.13. The summed E-state index contributed by atoms with van der Waals surface area (Å²) in [5.41, 5.74) is -2.91. The zero-order chi connectivity index (χ0) is 22.2. The second-order valence-electron chi connectivity index (χ2n) is 6.31. The lowest BCUT2D eigenvalue weighted by Gasteiger charge is -2.34. The van der Waals surface area contributed by atoms with Gasteiger partial charge in [-0.15, -0.1) is 0 Å². The number of amides is 2. The number of halogens is 3. The predicted molar refractivity (Wildman–Crippen MR) is 104 cm³/mol. The molecule has 9 heteroatoms. The van der Waals surface area contributed by atoms with Crippen LogP contribution in [0.1, 0.15) is 18.1 Å².